The van der Waals surface area contributed by atoms with E-state index in [-0.39, 0.29) is 41.1 Å². The molecule has 1 aromatic carbocycles. The largest absolute Gasteiger partial charge is 0.508 e. The summed E-state index contributed by atoms with van der Waals surface area (Å²) in [5.74, 6) is 0.111. The van der Waals surface area contributed by atoms with Gasteiger partial charge in [-0.3, -0.25) is 9.69 Å². The molecular weight excluding hydrogens is 390 g/mol. The number of benzene rings is 1. The zero-order valence-corrected chi connectivity index (χ0v) is 16.8. The Morgan fingerprint density at radius 2 is 2.03 bits per heavy atom. The number of hydrogen-bond donors (Lipinski definition) is 5. The predicted molar refractivity (Wildman–Crippen MR) is 111 cm³/mol. The molecule has 5 rings (SSSR count). The van der Waals surface area contributed by atoms with Crippen LogP contribution in [0.25, 0.3) is 0 Å². The van der Waals surface area contributed by atoms with E-state index in [1.807, 2.05) is 0 Å². The van der Waals surface area contributed by atoms with E-state index in [0.717, 1.165) is 50.3 Å². The molecule has 8 nitrogen and oxygen atoms in total. The van der Waals surface area contributed by atoms with Crippen LogP contribution in [0, 0.1) is 5.92 Å². The summed E-state index contributed by atoms with van der Waals surface area (Å²) in [7, 11) is 0. The third kappa shape index (κ3) is 3.37. The van der Waals surface area contributed by atoms with Crippen molar-refractivity contribution in [3.63, 3.8) is 0 Å². The van der Waals surface area contributed by atoms with E-state index >= 15 is 0 Å². The summed E-state index contributed by atoms with van der Waals surface area (Å²) < 4.78 is 0. The molecule has 0 radical (unpaired) electrons. The minimum Gasteiger partial charge on any atom is -0.508 e. The first-order valence-corrected chi connectivity index (χ1v) is 11.0. The average molecular weight is 416 g/mol. The minimum atomic E-state index is -0.222. The molecule has 9 heteroatoms. The Kier molecular flexibility index (Phi) is 4.89. The maximum atomic E-state index is 13.0. The topological polar surface area (TPSA) is 106 Å². The fourth-order valence-corrected chi connectivity index (χ4v) is 6.16. The molecule has 29 heavy (non-hydrogen) atoms. The third-order valence-electron chi connectivity index (χ3n) is 6.11. The van der Waals surface area contributed by atoms with Gasteiger partial charge in [0.1, 0.15) is 5.75 Å². The van der Waals surface area contributed by atoms with Crippen molar-refractivity contribution in [2.75, 3.05) is 24.5 Å². The molecule has 3 unspecified atom stereocenters. The molecule has 0 spiro atoms. The fraction of sp³-hybridized carbons (Fsp3) is 0.500. The smallest absolute Gasteiger partial charge is 0.326 e. The molecule has 4 heterocycles. The summed E-state index contributed by atoms with van der Waals surface area (Å²) in [6.07, 6.45) is 2.83. The number of carbonyl (C=O) groups excluding carboxylic acids is 2. The van der Waals surface area contributed by atoms with Crippen LogP contribution in [0.15, 0.2) is 34.9 Å². The zero-order chi connectivity index (χ0) is 20.0. The van der Waals surface area contributed by atoms with Crippen molar-refractivity contribution in [3.8, 4) is 5.75 Å². The number of phenols is 1. The van der Waals surface area contributed by atoms with Gasteiger partial charge in [0, 0.05) is 29.9 Å². The monoisotopic (exact) mass is 415 g/mol. The van der Waals surface area contributed by atoms with Crippen molar-refractivity contribution < 1.29 is 14.7 Å². The third-order valence-corrected chi connectivity index (χ3v) is 7.46. The van der Waals surface area contributed by atoms with Crippen LogP contribution in [0.2, 0.25) is 0 Å². The Hall–Kier alpha value is -2.23. The summed E-state index contributed by atoms with van der Waals surface area (Å²) in [6.45, 7) is 2.57. The number of thioether (sulfide) groups is 1. The Balaban J connectivity index is 1.43. The highest BCUT2D eigenvalue weighted by Gasteiger charge is 2.51. The second kappa shape index (κ2) is 7.55. The Morgan fingerprint density at radius 3 is 2.79 bits per heavy atom. The van der Waals surface area contributed by atoms with E-state index < -0.39 is 0 Å². The number of rotatable bonds is 3. The molecule has 4 aliphatic rings. The lowest BCUT2D eigenvalue weighted by Gasteiger charge is -2.45. The van der Waals surface area contributed by atoms with Gasteiger partial charge in [-0.1, -0.05) is 11.8 Å². The minimum absolute atomic E-state index is 0.0244. The first-order chi connectivity index (χ1) is 14.1. The number of carbonyl (C=O) groups is 2. The van der Waals surface area contributed by atoms with Gasteiger partial charge >= 0.3 is 6.03 Å². The summed E-state index contributed by atoms with van der Waals surface area (Å²) in [4.78, 5) is 28.4. The van der Waals surface area contributed by atoms with E-state index in [0.29, 0.717) is 4.91 Å². The van der Waals surface area contributed by atoms with Crippen LogP contribution in [-0.2, 0) is 4.79 Å². The van der Waals surface area contributed by atoms with Gasteiger partial charge in [-0.2, -0.15) is 0 Å². The molecular formula is C20H25N5O3S. The van der Waals surface area contributed by atoms with E-state index in [1.54, 1.807) is 29.2 Å². The lowest BCUT2D eigenvalue weighted by atomic mass is 9.86. The van der Waals surface area contributed by atoms with Gasteiger partial charge < -0.3 is 26.4 Å². The first-order valence-electron chi connectivity index (χ1n) is 10.2. The molecule has 0 saturated carbocycles. The van der Waals surface area contributed by atoms with Crippen LogP contribution < -0.4 is 26.2 Å². The zero-order valence-electron chi connectivity index (χ0n) is 16.0. The van der Waals surface area contributed by atoms with Gasteiger partial charge in [-0.05, 0) is 56.6 Å². The molecule has 3 amide bonds. The number of nitrogens with one attached hydrogen (secondary N) is 4. The standard InChI is InChI=1S/C20H25N5O3S/c26-13-5-3-12(4-6-13)25-14-7-9-22-19-15(14)16(24-20(25)28)17(29-19)18(27)23-11-2-1-8-21-10-11/h3-6,11,14-15,19,21-22,26H,1-2,7-10H2,(H,23,27)(H,24,28)/t11-,14?,15?,19?/m1/s1. The Bertz CT molecular complexity index is 852. The maximum absolute atomic E-state index is 13.0. The first kappa shape index (κ1) is 18.8. The number of aromatic hydroxyl groups is 1. The molecule has 0 aliphatic carbocycles. The van der Waals surface area contributed by atoms with Crippen LogP contribution in [0.4, 0.5) is 10.5 Å². The molecule has 4 atom stereocenters. The Labute approximate surface area is 173 Å². The van der Waals surface area contributed by atoms with Gasteiger partial charge in [-0.25, -0.2) is 4.79 Å². The molecule has 0 aromatic heterocycles. The SMILES string of the molecule is O=C(N[C@@H]1CCCNC1)C1=C2NC(=O)N(c3ccc(O)cc3)C3CCNC(S1)C23. The molecule has 1 aromatic rings. The second-order valence-corrected chi connectivity index (χ2v) is 9.10. The summed E-state index contributed by atoms with van der Waals surface area (Å²) in [5.41, 5.74) is 1.50. The molecule has 5 N–H and O–H groups in total. The highest BCUT2D eigenvalue weighted by Crippen LogP contribution is 2.47. The maximum Gasteiger partial charge on any atom is 0.326 e. The van der Waals surface area contributed by atoms with E-state index in [4.69, 9.17) is 0 Å². The number of anilines is 1. The fourth-order valence-electron chi connectivity index (χ4n) is 4.76. The van der Waals surface area contributed by atoms with Crippen LogP contribution in [0.1, 0.15) is 19.3 Å². The summed E-state index contributed by atoms with van der Waals surface area (Å²) in [5, 5.41) is 22.6. The van der Waals surface area contributed by atoms with Crippen LogP contribution in [0.5, 0.6) is 5.75 Å². The lowest BCUT2D eigenvalue weighted by Crippen LogP contribution is -2.62. The molecule has 0 bridgehead atoms. The van der Waals surface area contributed by atoms with Gasteiger partial charge in [0.05, 0.1) is 16.3 Å². The number of amides is 3. The van der Waals surface area contributed by atoms with Crippen molar-refractivity contribution in [1.82, 2.24) is 21.3 Å². The average Bonchev–Trinajstić information content (AvgIpc) is 3.10. The molecule has 4 aliphatic heterocycles. The van der Waals surface area contributed by atoms with Crippen molar-refractivity contribution in [2.45, 2.75) is 36.7 Å². The van der Waals surface area contributed by atoms with Gasteiger partial charge in [0.25, 0.3) is 5.91 Å². The Morgan fingerprint density at radius 1 is 1.21 bits per heavy atom. The van der Waals surface area contributed by atoms with Crippen molar-refractivity contribution >= 4 is 29.4 Å². The molecule has 3 fully saturated rings. The van der Waals surface area contributed by atoms with Gasteiger partial charge in [0.15, 0.2) is 0 Å². The van der Waals surface area contributed by atoms with Crippen LogP contribution >= 0.6 is 11.8 Å². The predicted octanol–water partition coefficient (Wildman–Crippen LogP) is 1.05. The number of nitrogens with zero attached hydrogens (tertiary/aromatic N) is 1. The van der Waals surface area contributed by atoms with Crippen LogP contribution in [0.3, 0.4) is 0 Å². The highest BCUT2D eigenvalue weighted by atomic mass is 32.2. The van der Waals surface area contributed by atoms with Gasteiger partial charge in [0.2, 0.25) is 0 Å². The number of urea groups is 1. The van der Waals surface area contributed by atoms with E-state index in [1.165, 1.54) is 11.8 Å². The quantitative estimate of drug-likeness (QED) is 0.505. The lowest BCUT2D eigenvalue weighted by molar-refractivity contribution is -0.117. The number of hydrogen-bond acceptors (Lipinski definition) is 6. The van der Waals surface area contributed by atoms with E-state index in [9.17, 15) is 14.7 Å². The van der Waals surface area contributed by atoms with Crippen molar-refractivity contribution in [3.05, 3.63) is 34.9 Å². The van der Waals surface area contributed by atoms with Crippen molar-refractivity contribution in [1.29, 1.82) is 0 Å². The summed E-state index contributed by atoms with van der Waals surface area (Å²) in [6, 6.07) is 6.58. The molecule has 3 saturated heterocycles. The second-order valence-electron chi connectivity index (χ2n) is 7.95. The van der Waals surface area contributed by atoms with Crippen molar-refractivity contribution in [2.24, 2.45) is 5.92 Å². The summed E-state index contributed by atoms with van der Waals surface area (Å²) >= 11 is 1.52. The molecule has 154 valence electrons. The van der Waals surface area contributed by atoms with Gasteiger partial charge in [-0.15, -0.1) is 0 Å². The van der Waals surface area contributed by atoms with E-state index in [2.05, 4.69) is 21.3 Å². The normalized spacial score (nSPS) is 31.3. The van der Waals surface area contributed by atoms with Crippen LogP contribution in [-0.4, -0.2) is 54.1 Å². The number of piperidine rings is 2. The highest BCUT2D eigenvalue weighted by molar-refractivity contribution is 8.04. The number of phenolic OH excluding ortho intramolecular Hbond substituents is 1.